The van der Waals surface area contributed by atoms with E-state index in [1.165, 1.54) is 19.3 Å². The molecule has 0 atom stereocenters. The van der Waals surface area contributed by atoms with E-state index < -0.39 is 0 Å². The number of nitrogens with one attached hydrogen (secondary N) is 1. The van der Waals surface area contributed by atoms with Crippen molar-refractivity contribution >= 4 is 11.7 Å². The fourth-order valence-electron chi connectivity index (χ4n) is 3.25. The van der Waals surface area contributed by atoms with E-state index in [-0.39, 0.29) is 5.91 Å². The van der Waals surface area contributed by atoms with Gasteiger partial charge in [-0.3, -0.25) is 4.79 Å². The van der Waals surface area contributed by atoms with Gasteiger partial charge in [0.25, 0.3) is 0 Å². The maximum Gasteiger partial charge on any atom is 0.220 e. The van der Waals surface area contributed by atoms with Crippen LogP contribution in [0.15, 0.2) is 22.9 Å². The highest BCUT2D eigenvalue weighted by Crippen LogP contribution is 2.18. The van der Waals surface area contributed by atoms with Crippen molar-refractivity contribution in [1.82, 2.24) is 15.5 Å². The molecule has 1 saturated heterocycles. The third-order valence-corrected chi connectivity index (χ3v) is 4.76. The zero-order valence-electron chi connectivity index (χ0n) is 15.0. The minimum atomic E-state index is 0.0383. The van der Waals surface area contributed by atoms with Crippen molar-refractivity contribution in [3.05, 3.63) is 40.9 Å². The van der Waals surface area contributed by atoms with Gasteiger partial charge in [-0.15, -0.1) is 0 Å². The number of nitrogens with zero attached hydrogens (tertiary/aromatic N) is 3. The molecule has 6 heteroatoms. The standard InChI is InChI=1S/C19H26N4O2/c1-14-17(15(2)25-22-14)6-7-19(24)21-13-16-8-9-20-18(12-16)23-10-4-3-5-11-23/h8-9,12H,3-7,10-11,13H2,1-2H3,(H,21,24). The maximum absolute atomic E-state index is 12.1. The van der Waals surface area contributed by atoms with Crippen LogP contribution in [0.5, 0.6) is 0 Å². The summed E-state index contributed by atoms with van der Waals surface area (Å²) in [4.78, 5) is 18.9. The van der Waals surface area contributed by atoms with E-state index >= 15 is 0 Å². The van der Waals surface area contributed by atoms with Crippen molar-refractivity contribution in [1.29, 1.82) is 0 Å². The molecule has 3 heterocycles. The monoisotopic (exact) mass is 342 g/mol. The summed E-state index contributed by atoms with van der Waals surface area (Å²) in [6, 6.07) is 4.04. The zero-order valence-corrected chi connectivity index (χ0v) is 15.0. The van der Waals surface area contributed by atoms with Crippen LogP contribution in [-0.2, 0) is 17.8 Å². The van der Waals surface area contributed by atoms with E-state index in [1.54, 1.807) is 0 Å². The molecule has 0 saturated carbocycles. The van der Waals surface area contributed by atoms with Crippen LogP contribution in [0.1, 0.15) is 48.3 Å². The van der Waals surface area contributed by atoms with E-state index in [1.807, 2.05) is 26.1 Å². The molecule has 1 aliphatic rings. The highest BCUT2D eigenvalue weighted by atomic mass is 16.5. The lowest BCUT2D eigenvalue weighted by atomic mass is 10.1. The van der Waals surface area contributed by atoms with Crippen LogP contribution >= 0.6 is 0 Å². The first-order valence-electron chi connectivity index (χ1n) is 9.02. The number of anilines is 1. The summed E-state index contributed by atoms with van der Waals surface area (Å²) in [5.41, 5.74) is 2.98. The molecule has 0 aromatic carbocycles. The lowest BCUT2D eigenvalue weighted by Gasteiger charge is -2.27. The third kappa shape index (κ3) is 4.59. The number of aryl methyl sites for hydroxylation is 2. The molecule has 0 spiro atoms. The number of amides is 1. The number of carbonyl (C=O) groups is 1. The van der Waals surface area contributed by atoms with Crippen molar-refractivity contribution < 1.29 is 9.32 Å². The number of hydrogen-bond acceptors (Lipinski definition) is 5. The van der Waals surface area contributed by atoms with Gasteiger partial charge in [0.1, 0.15) is 11.6 Å². The van der Waals surface area contributed by atoms with Crippen molar-refractivity contribution in [2.45, 2.75) is 52.5 Å². The summed E-state index contributed by atoms with van der Waals surface area (Å²) < 4.78 is 5.13. The van der Waals surface area contributed by atoms with Gasteiger partial charge in [0.2, 0.25) is 5.91 Å². The van der Waals surface area contributed by atoms with E-state index in [4.69, 9.17) is 4.52 Å². The Hall–Kier alpha value is -2.37. The predicted molar refractivity (Wildman–Crippen MR) is 96.4 cm³/mol. The second-order valence-corrected chi connectivity index (χ2v) is 6.65. The SMILES string of the molecule is Cc1noc(C)c1CCC(=O)NCc1ccnc(N2CCCCC2)c1. The molecule has 1 fully saturated rings. The Kier molecular flexibility index (Phi) is 5.68. The number of pyridine rings is 1. The Balaban J connectivity index is 1.50. The Morgan fingerprint density at radius 3 is 2.80 bits per heavy atom. The van der Waals surface area contributed by atoms with Gasteiger partial charge in [0.15, 0.2) is 0 Å². The van der Waals surface area contributed by atoms with Crippen LogP contribution in [-0.4, -0.2) is 29.1 Å². The third-order valence-electron chi connectivity index (χ3n) is 4.76. The quantitative estimate of drug-likeness (QED) is 0.874. The smallest absolute Gasteiger partial charge is 0.220 e. The maximum atomic E-state index is 12.1. The van der Waals surface area contributed by atoms with Gasteiger partial charge < -0.3 is 14.7 Å². The van der Waals surface area contributed by atoms with E-state index in [0.717, 1.165) is 41.5 Å². The minimum absolute atomic E-state index is 0.0383. The van der Waals surface area contributed by atoms with Gasteiger partial charge in [-0.2, -0.15) is 0 Å². The Bertz CT molecular complexity index is 700. The summed E-state index contributed by atoms with van der Waals surface area (Å²) in [6.07, 6.45) is 6.68. The molecule has 0 aliphatic carbocycles. The largest absolute Gasteiger partial charge is 0.361 e. The van der Waals surface area contributed by atoms with Gasteiger partial charge in [0.05, 0.1) is 5.69 Å². The van der Waals surface area contributed by atoms with Crippen molar-refractivity contribution in [2.24, 2.45) is 0 Å². The van der Waals surface area contributed by atoms with Gasteiger partial charge in [-0.1, -0.05) is 5.16 Å². The molecule has 2 aromatic heterocycles. The molecule has 1 N–H and O–H groups in total. The Labute approximate surface area is 148 Å². The number of piperidine rings is 1. The molecule has 0 bridgehead atoms. The topological polar surface area (TPSA) is 71.3 Å². The van der Waals surface area contributed by atoms with Crippen LogP contribution in [0, 0.1) is 13.8 Å². The summed E-state index contributed by atoms with van der Waals surface area (Å²) in [7, 11) is 0. The molecule has 1 aliphatic heterocycles. The molecule has 0 unspecified atom stereocenters. The summed E-state index contributed by atoms with van der Waals surface area (Å²) in [6.45, 7) is 6.46. The van der Waals surface area contributed by atoms with E-state index in [2.05, 4.69) is 26.4 Å². The number of rotatable bonds is 6. The van der Waals surface area contributed by atoms with Crippen LogP contribution in [0.3, 0.4) is 0 Å². The van der Waals surface area contributed by atoms with Crippen molar-refractivity contribution in [3.8, 4) is 0 Å². The first-order chi connectivity index (χ1) is 12.1. The highest BCUT2D eigenvalue weighted by Gasteiger charge is 2.13. The molecule has 1 amide bonds. The van der Waals surface area contributed by atoms with Gasteiger partial charge in [-0.25, -0.2) is 4.98 Å². The van der Waals surface area contributed by atoms with Crippen LogP contribution in [0.2, 0.25) is 0 Å². The lowest BCUT2D eigenvalue weighted by molar-refractivity contribution is -0.121. The van der Waals surface area contributed by atoms with Gasteiger partial charge in [0, 0.05) is 37.8 Å². The molecule has 6 nitrogen and oxygen atoms in total. The van der Waals surface area contributed by atoms with Crippen molar-refractivity contribution in [3.63, 3.8) is 0 Å². The van der Waals surface area contributed by atoms with Crippen LogP contribution in [0.4, 0.5) is 5.82 Å². The molecule has 3 rings (SSSR count). The molecular formula is C19H26N4O2. The lowest BCUT2D eigenvalue weighted by Crippen LogP contribution is -2.30. The first-order valence-corrected chi connectivity index (χ1v) is 9.02. The van der Waals surface area contributed by atoms with E-state index in [9.17, 15) is 4.79 Å². The zero-order chi connectivity index (χ0) is 17.6. The van der Waals surface area contributed by atoms with Crippen LogP contribution in [0.25, 0.3) is 0 Å². The summed E-state index contributed by atoms with van der Waals surface area (Å²) in [5, 5.41) is 6.92. The number of carbonyl (C=O) groups excluding carboxylic acids is 1. The minimum Gasteiger partial charge on any atom is -0.361 e. The van der Waals surface area contributed by atoms with Crippen LogP contribution < -0.4 is 10.2 Å². The molecule has 134 valence electrons. The Morgan fingerprint density at radius 2 is 2.08 bits per heavy atom. The average Bonchev–Trinajstić information content (AvgIpc) is 2.97. The average molecular weight is 342 g/mol. The van der Waals surface area contributed by atoms with Gasteiger partial charge >= 0.3 is 0 Å². The fourth-order valence-corrected chi connectivity index (χ4v) is 3.25. The molecule has 2 aromatic rings. The number of hydrogen-bond donors (Lipinski definition) is 1. The van der Waals surface area contributed by atoms with Gasteiger partial charge in [-0.05, 0) is 57.2 Å². The highest BCUT2D eigenvalue weighted by molar-refractivity contribution is 5.76. The second-order valence-electron chi connectivity index (χ2n) is 6.65. The molecular weight excluding hydrogens is 316 g/mol. The van der Waals surface area contributed by atoms with Crippen molar-refractivity contribution in [2.75, 3.05) is 18.0 Å². The predicted octanol–water partition coefficient (Wildman–Crippen LogP) is 2.93. The fraction of sp³-hybridized carbons (Fsp3) is 0.526. The number of aromatic nitrogens is 2. The molecule has 25 heavy (non-hydrogen) atoms. The molecule has 0 radical (unpaired) electrons. The Morgan fingerprint density at radius 1 is 1.28 bits per heavy atom. The second kappa shape index (κ2) is 8.14. The first kappa shape index (κ1) is 17.5. The van der Waals surface area contributed by atoms with E-state index in [0.29, 0.717) is 19.4 Å². The summed E-state index contributed by atoms with van der Waals surface area (Å²) >= 11 is 0. The normalized spacial score (nSPS) is 14.6. The summed E-state index contributed by atoms with van der Waals surface area (Å²) in [5.74, 6) is 1.85.